The second kappa shape index (κ2) is 13.9. The fourth-order valence-electron chi connectivity index (χ4n) is 3.87. The summed E-state index contributed by atoms with van der Waals surface area (Å²) in [5, 5.41) is 8.36. The molecule has 0 radical (unpaired) electrons. The molecule has 0 aliphatic carbocycles. The van der Waals surface area contributed by atoms with Crippen molar-refractivity contribution in [2.75, 3.05) is 10.6 Å². The molecule has 3 rings (SSSR count). The molecule has 38 heavy (non-hydrogen) atoms. The second-order valence-corrected chi connectivity index (χ2v) is 9.67. The van der Waals surface area contributed by atoms with E-state index in [9.17, 15) is 14.4 Å². The van der Waals surface area contributed by atoms with Crippen LogP contribution in [0.5, 0.6) is 5.75 Å². The van der Waals surface area contributed by atoms with Crippen LogP contribution in [-0.2, 0) is 27.4 Å². The highest BCUT2D eigenvalue weighted by Crippen LogP contribution is 2.17. The molecule has 3 aromatic rings. The third-order valence-corrected chi connectivity index (χ3v) is 5.78. The standard InChI is InChI=1S/C30H36N4O4/c1-20(2)17-27(31)29(36)34-28(30(37)33-25-13-11-24(12-14-25)32-21(3)35)18-22-9-15-26(16-10-22)38-19-23-7-5-4-6-8-23/h4-16,20,27-28H,17-19,31H2,1-3H3,(H,32,35)(H,33,37)(H,34,36). The Hall–Kier alpha value is -4.17. The third-order valence-electron chi connectivity index (χ3n) is 5.78. The van der Waals surface area contributed by atoms with Gasteiger partial charge in [0.15, 0.2) is 0 Å². The zero-order valence-electron chi connectivity index (χ0n) is 22.1. The van der Waals surface area contributed by atoms with Crippen molar-refractivity contribution < 1.29 is 19.1 Å². The molecule has 0 aliphatic heterocycles. The Morgan fingerprint density at radius 3 is 1.97 bits per heavy atom. The molecule has 3 aromatic carbocycles. The number of carbonyl (C=O) groups is 3. The molecule has 200 valence electrons. The van der Waals surface area contributed by atoms with Gasteiger partial charge in [0, 0.05) is 24.7 Å². The molecule has 0 aliphatic rings. The van der Waals surface area contributed by atoms with Crippen molar-refractivity contribution in [1.82, 2.24) is 5.32 Å². The molecule has 0 heterocycles. The maximum absolute atomic E-state index is 13.2. The van der Waals surface area contributed by atoms with Crippen LogP contribution in [0.1, 0.15) is 38.3 Å². The van der Waals surface area contributed by atoms with Crippen molar-refractivity contribution in [3.05, 3.63) is 90.0 Å². The number of anilines is 2. The summed E-state index contributed by atoms with van der Waals surface area (Å²) in [4.78, 5) is 37.3. The average Bonchev–Trinajstić information content (AvgIpc) is 2.89. The van der Waals surface area contributed by atoms with E-state index in [1.54, 1.807) is 24.3 Å². The summed E-state index contributed by atoms with van der Waals surface area (Å²) in [6.07, 6.45) is 0.785. The molecule has 3 amide bonds. The minimum Gasteiger partial charge on any atom is -0.489 e. The van der Waals surface area contributed by atoms with Gasteiger partial charge in [0.05, 0.1) is 6.04 Å². The van der Waals surface area contributed by atoms with Gasteiger partial charge in [-0.15, -0.1) is 0 Å². The summed E-state index contributed by atoms with van der Waals surface area (Å²) in [6.45, 7) is 5.86. The number of benzene rings is 3. The van der Waals surface area contributed by atoms with E-state index in [0.717, 1.165) is 11.1 Å². The molecule has 0 bridgehead atoms. The van der Waals surface area contributed by atoms with Crippen LogP contribution in [0.2, 0.25) is 0 Å². The Bertz CT molecular complexity index is 1200. The number of ether oxygens (including phenoxy) is 1. The number of nitrogens with two attached hydrogens (primary N) is 1. The molecule has 8 nitrogen and oxygen atoms in total. The summed E-state index contributed by atoms with van der Waals surface area (Å²) >= 11 is 0. The first-order valence-electron chi connectivity index (χ1n) is 12.7. The number of amides is 3. The van der Waals surface area contributed by atoms with Crippen LogP contribution in [-0.4, -0.2) is 29.8 Å². The van der Waals surface area contributed by atoms with Gasteiger partial charge >= 0.3 is 0 Å². The van der Waals surface area contributed by atoms with Crippen LogP contribution in [0.4, 0.5) is 11.4 Å². The van der Waals surface area contributed by atoms with E-state index in [2.05, 4.69) is 16.0 Å². The second-order valence-electron chi connectivity index (χ2n) is 9.67. The quantitative estimate of drug-likeness (QED) is 0.286. The van der Waals surface area contributed by atoms with E-state index in [-0.39, 0.29) is 30.1 Å². The molecule has 0 fully saturated rings. The van der Waals surface area contributed by atoms with Crippen molar-refractivity contribution in [2.45, 2.75) is 52.3 Å². The first kappa shape index (κ1) is 28.4. The van der Waals surface area contributed by atoms with Gasteiger partial charge in [0.1, 0.15) is 18.4 Å². The van der Waals surface area contributed by atoms with Gasteiger partial charge in [-0.3, -0.25) is 14.4 Å². The average molecular weight is 517 g/mol. The third kappa shape index (κ3) is 9.37. The summed E-state index contributed by atoms with van der Waals surface area (Å²) in [5.41, 5.74) is 9.16. The van der Waals surface area contributed by atoms with E-state index in [0.29, 0.717) is 30.2 Å². The number of hydrogen-bond acceptors (Lipinski definition) is 5. The van der Waals surface area contributed by atoms with Crippen molar-refractivity contribution >= 4 is 29.1 Å². The number of nitrogens with one attached hydrogen (secondary N) is 3. The largest absolute Gasteiger partial charge is 0.489 e. The summed E-state index contributed by atoms with van der Waals surface area (Å²) < 4.78 is 5.85. The predicted molar refractivity (Wildman–Crippen MR) is 150 cm³/mol. The normalized spacial score (nSPS) is 12.3. The van der Waals surface area contributed by atoms with Crippen molar-refractivity contribution in [2.24, 2.45) is 11.7 Å². The first-order chi connectivity index (χ1) is 18.2. The van der Waals surface area contributed by atoms with Gasteiger partial charge in [-0.1, -0.05) is 56.3 Å². The van der Waals surface area contributed by atoms with Gasteiger partial charge in [-0.05, 0) is 59.9 Å². The van der Waals surface area contributed by atoms with E-state index in [1.165, 1.54) is 6.92 Å². The predicted octanol–water partition coefficient (Wildman–Crippen LogP) is 4.26. The Labute approximate surface area is 224 Å². The highest BCUT2D eigenvalue weighted by atomic mass is 16.5. The maximum atomic E-state index is 13.2. The monoisotopic (exact) mass is 516 g/mol. The molecule has 5 N–H and O–H groups in total. The molecular weight excluding hydrogens is 480 g/mol. The van der Waals surface area contributed by atoms with Gasteiger partial charge in [-0.25, -0.2) is 0 Å². The van der Waals surface area contributed by atoms with Crippen molar-refractivity contribution in [3.8, 4) is 5.75 Å². The van der Waals surface area contributed by atoms with E-state index < -0.39 is 12.1 Å². The molecule has 0 aromatic heterocycles. The SMILES string of the molecule is CC(=O)Nc1ccc(NC(=O)C(Cc2ccc(OCc3ccccc3)cc2)NC(=O)C(N)CC(C)C)cc1. The van der Waals surface area contributed by atoms with Crippen LogP contribution in [0.25, 0.3) is 0 Å². The van der Waals surface area contributed by atoms with Crippen LogP contribution in [0, 0.1) is 5.92 Å². The lowest BCUT2D eigenvalue weighted by atomic mass is 10.0. The zero-order valence-corrected chi connectivity index (χ0v) is 22.1. The van der Waals surface area contributed by atoms with Crippen molar-refractivity contribution in [3.63, 3.8) is 0 Å². The van der Waals surface area contributed by atoms with Gasteiger partial charge < -0.3 is 26.4 Å². The molecule has 0 saturated carbocycles. The Kier molecular flexibility index (Phi) is 10.4. The lowest BCUT2D eigenvalue weighted by Crippen LogP contribution is -2.51. The lowest BCUT2D eigenvalue weighted by molar-refractivity contribution is -0.127. The van der Waals surface area contributed by atoms with Gasteiger partial charge in [0.2, 0.25) is 17.7 Å². The van der Waals surface area contributed by atoms with E-state index in [4.69, 9.17) is 10.5 Å². The number of rotatable bonds is 12. The van der Waals surface area contributed by atoms with Gasteiger partial charge in [-0.2, -0.15) is 0 Å². The minimum absolute atomic E-state index is 0.182. The number of carbonyl (C=O) groups excluding carboxylic acids is 3. The fraction of sp³-hybridized carbons (Fsp3) is 0.300. The maximum Gasteiger partial charge on any atom is 0.247 e. The zero-order chi connectivity index (χ0) is 27.5. The summed E-state index contributed by atoms with van der Waals surface area (Å²) in [5.74, 6) is 0.0303. The summed E-state index contributed by atoms with van der Waals surface area (Å²) in [6, 6.07) is 22.5. The van der Waals surface area contributed by atoms with E-state index in [1.807, 2.05) is 68.4 Å². The number of hydrogen-bond donors (Lipinski definition) is 4. The Morgan fingerprint density at radius 1 is 0.789 bits per heavy atom. The van der Waals surface area contributed by atoms with Crippen LogP contribution < -0.4 is 26.4 Å². The Morgan fingerprint density at radius 2 is 1.39 bits per heavy atom. The van der Waals surface area contributed by atoms with Crippen LogP contribution in [0.15, 0.2) is 78.9 Å². The molecule has 2 atom stereocenters. The topological polar surface area (TPSA) is 123 Å². The van der Waals surface area contributed by atoms with Gasteiger partial charge in [0.25, 0.3) is 0 Å². The minimum atomic E-state index is -0.841. The van der Waals surface area contributed by atoms with E-state index >= 15 is 0 Å². The van der Waals surface area contributed by atoms with Crippen LogP contribution in [0.3, 0.4) is 0 Å². The van der Waals surface area contributed by atoms with Crippen molar-refractivity contribution in [1.29, 1.82) is 0 Å². The first-order valence-corrected chi connectivity index (χ1v) is 12.7. The van der Waals surface area contributed by atoms with Crippen LogP contribution >= 0.6 is 0 Å². The lowest BCUT2D eigenvalue weighted by Gasteiger charge is -2.22. The molecule has 8 heteroatoms. The molecule has 0 spiro atoms. The molecule has 2 unspecified atom stereocenters. The Balaban J connectivity index is 1.68. The fourth-order valence-corrected chi connectivity index (χ4v) is 3.87. The highest BCUT2D eigenvalue weighted by Gasteiger charge is 2.25. The molecule has 0 saturated heterocycles. The summed E-state index contributed by atoms with van der Waals surface area (Å²) in [7, 11) is 0. The molecular formula is C30H36N4O4. The highest BCUT2D eigenvalue weighted by molar-refractivity contribution is 5.98. The smallest absolute Gasteiger partial charge is 0.247 e.